The van der Waals surface area contributed by atoms with Crippen LogP contribution in [0, 0.1) is 0 Å². The molecule has 2 rings (SSSR count). The van der Waals surface area contributed by atoms with Gasteiger partial charge in [0.2, 0.25) is 0 Å². The van der Waals surface area contributed by atoms with Gasteiger partial charge in [0.25, 0.3) is 5.91 Å². The number of alkyl halides is 1. The Hall–Kier alpha value is -0.650. The first-order valence-electron chi connectivity index (χ1n) is 4.61. The first kappa shape index (κ1) is 9.89. The summed E-state index contributed by atoms with van der Waals surface area (Å²) in [7, 11) is 0. The van der Waals surface area contributed by atoms with Gasteiger partial charge in [-0.05, 0) is 18.6 Å². The lowest BCUT2D eigenvalue weighted by atomic mass is 10.2. The Morgan fingerprint density at radius 2 is 2.50 bits per heavy atom. The second-order valence-electron chi connectivity index (χ2n) is 3.38. The molecule has 0 bridgehead atoms. The number of likely N-dealkylation sites (tertiary alicyclic amines) is 1. The first-order chi connectivity index (χ1) is 6.77. The van der Waals surface area contributed by atoms with Gasteiger partial charge in [0, 0.05) is 29.4 Å². The smallest absolute Gasteiger partial charge is 0.255 e. The van der Waals surface area contributed by atoms with E-state index in [9.17, 15) is 4.79 Å². The predicted octanol–water partition coefficient (Wildman–Crippen LogP) is 1.73. The number of carbonyl (C=O) groups is 1. The van der Waals surface area contributed by atoms with Gasteiger partial charge in [0.05, 0.1) is 5.56 Å². The zero-order valence-electron chi connectivity index (χ0n) is 7.69. The van der Waals surface area contributed by atoms with Crippen molar-refractivity contribution in [3.63, 3.8) is 0 Å². The summed E-state index contributed by atoms with van der Waals surface area (Å²) in [5.74, 6) is 0.109. The highest BCUT2D eigenvalue weighted by Gasteiger charge is 2.24. The molecule has 4 heteroatoms. The third-order valence-corrected chi connectivity index (χ3v) is 3.34. The molecule has 74 valence electrons. The van der Waals surface area contributed by atoms with Crippen LogP contribution in [0.2, 0.25) is 0 Å². The Labute approximate surface area is 96.7 Å². The van der Waals surface area contributed by atoms with Crippen LogP contribution in [-0.4, -0.2) is 32.8 Å². The summed E-state index contributed by atoms with van der Waals surface area (Å²) < 4.78 is 0.605. The molecular formula is C10H11IN2O. The monoisotopic (exact) mass is 302 g/mol. The lowest BCUT2D eigenvalue weighted by Gasteiger charge is -2.14. The molecular weight excluding hydrogens is 291 g/mol. The van der Waals surface area contributed by atoms with Gasteiger partial charge in [-0.15, -0.1) is 0 Å². The third kappa shape index (κ3) is 2.05. The van der Waals surface area contributed by atoms with E-state index in [2.05, 4.69) is 27.6 Å². The van der Waals surface area contributed by atoms with Crippen molar-refractivity contribution in [2.45, 2.75) is 10.3 Å². The van der Waals surface area contributed by atoms with E-state index in [1.54, 1.807) is 18.5 Å². The van der Waals surface area contributed by atoms with Crippen molar-refractivity contribution < 1.29 is 4.79 Å². The Morgan fingerprint density at radius 1 is 1.64 bits per heavy atom. The number of rotatable bonds is 1. The van der Waals surface area contributed by atoms with Crippen molar-refractivity contribution in [2.75, 3.05) is 13.1 Å². The molecule has 2 heterocycles. The number of hydrogen-bond donors (Lipinski definition) is 0. The molecule has 1 amide bonds. The predicted molar refractivity (Wildman–Crippen MR) is 62.6 cm³/mol. The minimum Gasteiger partial charge on any atom is -0.338 e. The normalized spacial score (nSPS) is 21.2. The van der Waals surface area contributed by atoms with Crippen LogP contribution < -0.4 is 0 Å². The minimum absolute atomic E-state index is 0.109. The SMILES string of the molecule is O=C(c1cccnc1)N1CCC(I)C1. The zero-order chi connectivity index (χ0) is 9.97. The van der Waals surface area contributed by atoms with Crippen LogP contribution in [0.3, 0.4) is 0 Å². The molecule has 1 unspecified atom stereocenters. The van der Waals surface area contributed by atoms with E-state index in [0.717, 1.165) is 19.5 Å². The summed E-state index contributed by atoms with van der Waals surface area (Å²) in [4.78, 5) is 17.7. The molecule has 0 aromatic carbocycles. The molecule has 14 heavy (non-hydrogen) atoms. The summed E-state index contributed by atoms with van der Waals surface area (Å²) >= 11 is 2.39. The van der Waals surface area contributed by atoms with Crippen molar-refractivity contribution in [2.24, 2.45) is 0 Å². The molecule has 1 aromatic heterocycles. The fraction of sp³-hybridized carbons (Fsp3) is 0.400. The van der Waals surface area contributed by atoms with Gasteiger partial charge in [-0.25, -0.2) is 0 Å². The Balaban J connectivity index is 2.10. The number of nitrogens with zero attached hydrogens (tertiary/aromatic N) is 2. The highest BCUT2D eigenvalue weighted by atomic mass is 127. The van der Waals surface area contributed by atoms with E-state index in [1.807, 2.05) is 11.0 Å². The fourth-order valence-electron chi connectivity index (χ4n) is 1.57. The van der Waals surface area contributed by atoms with Crippen LogP contribution in [0.15, 0.2) is 24.5 Å². The third-order valence-electron chi connectivity index (χ3n) is 2.33. The molecule has 0 N–H and O–H groups in total. The number of aromatic nitrogens is 1. The second-order valence-corrected chi connectivity index (χ2v) is 5.14. The van der Waals surface area contributed by atoms with Crippen LogP contribution in [0.1, 0.15) is 16.8 Å². The number of carbonyl (C=O) groups excluding carboxylic acids is 1. The van der Waals surface area contributed by atoms with Gasteiger partial charge in [-0.1, -0.05) is 22.6 Å². The molecule has 0 radical (unpaired) electrons. The summed E-state index contributed by atoms with van der Waals surface area (Å²) in [6.45, 7) is 1.75. The van der Waals surface area contributed by atoms with Crippen LogP contribution in [0.4, 0.5) is 0 Å². The van der Waals surface area contributed by atoms with E-state index < -0.39 is 0 Å². The topological polar surface area (TPSA) is 33.2 Å². The second kappa shape index (κ2) is 4.25. The summed E-state index contributed by atoms with van der Waals surface area (Å²) in [5.41, 5.74) is 0.693. The lowest BCUT2D eigenvalue weighted by Crippen LogP contribution is -2.28. The number of pyridine rings is 1. The summed E-state index contributed by atoms with van der Waals surface area (Å²) in [6.07, 6.45) is 4.41. The molecule has 3 nitrogen and oxygen atoms in total. The molecule has 1 aromatic rings. The first-order valence-corrected chi connectivity index (χ1v) is 5.85. The zero-order valence-corrected chi connectivity index (χ0v) is 9.85. The van der Waals surface area contributed by atoms with Crippen molar-refractivity contribution >= 4 is 28.5 Å². The van der Waals surface area contributed by atoms with Crippen molar-refractivity contribution in [3.05, 3.63) is 30.1 Å². The molecule has 1 aliphatic heterocycles. The standard InChI is InChI=1S/C10H11IN2O/c11-9-3-5-13(7-9)10(14)8-2-1-4-12-6-8/h1-2,4,6,9H,3,5,7H2. The highest BCUT2D eigenvalue weighted by Crippen LogP contribution is 2.18. The molecule has 0 spiro atoms. The summed E-state index contributed by atoms with van der Waals surface area (Å²) in [5, 5.41) is 0. The maximum absolute atomic E-state index is 11.9. The van der Waals surface area contributed by atoms with Gasteiger partial charge in [-0.3, -0.25) is 9.78 Å². The van der Waals surface area contributed by atoms with Crippen molar-refractivity contribution in [3.8, 4) is 0 Å². The molecule has 1 aliphatic rings. The Morgan fingerprint density at radius 3 is 3.07 bits per heavy atom. The van der Waals surface area contributed by atoms with Crippen LogP contribution in [0.5, 0.6) is 0 Å². The quantitative estimate of drug-likeness (QED) is 0.585. The molecule has 1 atom stereocenters. The average Bonchev–Trinajstić information content (AvgIpc) is 2.65. The van der Waals surface area contributed by atoms with Gasteiger partial charge in [-0.2, -0.15) is 0 Å². The Kier molecular flexibility index (Phi) is 3.00. The van der Waals surface area contributed by atoms with Crippen LogP contribution >= 0.6 is 22.6 Å². The van der Waals surface area contributed by atoms with Gasteiger partial charge in [0.15, 0.2) is 0 Å². The van der Waals surface area contributed by atoms with Crippen molar-refractivity contribution in [1.29, 1.82) is 0 Å². The lowest BCUT2D eigenvalue weighted by molar-refractivity contribution is 0.0793. The highest BCUT2D eigenvalue weighted by molar-refractivity contribution is 14.1. The van der Waals surface area contributed by atoms with Crippen LogP contribution in [-0.2, 0) is 0 Å². The van der Waals surface area contributed by atoms with Crippen molar-refractivity contribution in [1.82, 2.24) is 9.88 Å². The van der Waals surface area contributed by atoms with Gasteiger partial charge in [0.1, 0.15) is 0 Å². The van der Waals surface area contributed by atoms with Gasteiger partial charge >= 0.3 is 0 Å². The number of halogens is 1. The molecule has 0 saturated carbocycles. The maximum Gasteiger partial charge on any atom is 0.255 e. The maximum atomic E-state index is 11.9. The van der Waals surface area contributed by atoms with E-state index >= 15 is 0 Å². The summed E-state index contributed by atoms with van der Waals surface area (Å²) in [6, 6.07) is 3.61. The fourth-order valence-corrected chi connectivity index (χ4v) is 2.33. The average molecular weight is 302 g/mol. The minimum atomic E-state index is 0.109. The van der Waals surface area contributed by atoms with E-state index in [0.29, 0.717) is 9.49 Å². The van der Waals surface area contributed by atoms with Gasteiger partial charge < -0.3 is 4.90 Å². The largest absolute Gasteiger partial charge is 0.338 e. The van der Waals surface area contributed by atoms with E-state index in [-0.39, 0.29) is 5.91 Å². The van der Waals surface area contributed by atoms with Crippen LogP contribution in [0.25, 0.3) is 0 Å². The molecule has 1 fully saturated rings. The molecule has 1 saturated heterocycles. The number of amides is 1. The van der Waals surface area contributed by atoms with E-state index in [1.165, 1.54) is 0 Å². The molecule has 0 aliphatic carbocycles. The number of hydrogen-bond acceptors (Lipinski definition) is 2. The van der Waals surface area contributed by atoms with E-state index in [4.69, 9.17) is 0 Å². The Bertz CT molecular complexity index is 328.